The lowest BCUT2D eigenvalue weighted by atomic mass is 9.96. The van der Waals surface area contributed by atoms with Gasteiger partial charge in [-0.3, -0.25) is 4.98 Å². The molecular formula is C27H32N4OS. The number of nitrogens with one attached hydrogen (secondary N) is 1. The lowest BCUT2D eigenvalue weighted by molar-refractivity contribution is 0.0842. The topological polar surface area (TPSA) is 42.3 Å². The zero-order valence-corrected chi connectivity index (χ0v) is 20.7. The number of pyridine rings is 1. The third-order valence-corrected chi connectivity index (χ3v) is 7.43. The number of nitrogens with zero attached hydrogens (tertiary/aromatic N) is 3. The second kappa shape index (κ2) is 8.92. The van der Waals surface area contributed by atoms with Crippen molar-refractivity contribution in [2.45, 2.75) is 58.7 Å². The number of aromatic nitrogens is 2. The predicted molar refractivity (Wildman–Crippen MR) is 136 cm³/mol. The summed E-state index contributed by atoms with van der Waals surface area (Å²) in [6.07, 6.45) is 4.28. The quantitative estimate of drug-likeness (QED) is 0.526. The summed E-state index contributed by atoms with van der Waals surface area (Å²) in [6, 6.07) is 15.0. The molecule has 3 aromatic rings. The number of thiocarbonyl (C=S) groups is 1. The first-order chi connectivity index (χ1) is 16.0. The fourth-order valence-electron chi connectivity index (χ4n) is 5.54. The van der Waals surface area contributed by atoms with Crippen LogP contribution in [0.4, 0.5) is 0 Å². The number of aryl methyl sites for hydroxylation is 3. The number of para-hydroxylation sites is 1. The van der Waals surface area contributed by atoms with Crippen molar-refractivity contribution in [2.75, 3.05) is 13.2 Å². The number of hydrogen-bond acceptors (Lipinski definition) is 3. The molecule has 0 saturated carbocycles. The highest BCUT2D eigenvalue weighted by Crippen LogP contribution is 2.42. The summed E-state index contributed by atoms with van der Waals surface area (Å²) in [5.41, 5.74) is 8.61. The Morgan fingerprint density at radius 1 is 1.09 bits per heavy atom. The monoisotopic (exact) mass is 460 g/mol. The van der Waals surface area contributed by atoms with Crippen molar-refractivity contribution in [3.05, 3.63) is 82.4 Å². The molecule has 2 saturated heterocycles. The zero-order chi connectivity index (χ0) is 23.1. The molecule has 172 valence electrons. The Balaban J connectivity index is 1.62. The molecule has 0 aliphatic carbocycles. The predicted octanol–water partition coefficient (Wildman–Crippen LogP) is 5.26. The number of benzene rings is 1. The highest BCUT2D eigenvalue weighted by molar-refractivity contribution is 7.80. The van der Waals surface area contributed by atoms with Crippen molar-refractivity contribution < 1.29 is 4.74 Å². The van der Waals surface area contributed by atoms with E-state index in [1.54, 1.807) is 0 Å². The zero-order valence-electron chi connectivity index (χ0n) is 19.8. The van der Waals surface area contributed by atoms with Crippen LogP contribution in [0.5, 0.6) is 0 Å². The van der Waals surface area contributed by atoms with E-state index in [1.807, 2.05) is 18.3 Å². The van der Waals surface area contributed by atoms with Gasteiger partial charge in [0.1, 0.15) is 0 Å². The molecule has 0 spiro atoms. The summed E-state index contributed by atoms with van der Waals surface area (Å²) in [5.74, 6) is 0. The maximum Gasteiger partial charge on any atom is 0.170 e. The molecule has 6 heteroatoms. The Morgan fingerprint density at radius 2 is 1.88 bits per heavy atom. The smallest absolute Gasteiger partial charge is 0.170 e. The average Bonchev–Trinajstić information content (AvgIpc) is 3.50. The molecule has 4 heterocycles. The van der Waals surface area contributed by atoms with E-state index in [-0.39, 0.29) is 18.2 Å². The van der Waals surface area contributed by atoms with Crippen LogP contribution in [0.3, 0.4) is 0 Å². The minimum atomic E-state index is -0.00739. The van der Waals surface area contributed by atoms with Crippen LogP contribution in [0.1, 0.15) is 58.7 Å². The Kier molecular flexibility index (Phi) is 5.97. The molecule has 0 radical (unpaired) electrons. The molecule has 1 N–H and O–H groups in total. The summed E-state index contributed by atoms with van der Waals surface area (Å²) >= 11 is 5.87. The van der Waals surface area contributed by atoms with Crippen LogP contribution >= 0.6 is 12.2 Å². The van der Waals surface area contributed by atoms with E-state index in [2.05, 4.69) is 72.8 Å². The molecule has 0 bridgehead atoms. The van der Waals surface area contributed by atoms with E-state index in [4.69, 9.17) is 21.9 Å². The molecule has 33 heavy (non-hydrogen) atoms. The van der Waals surface area contributed by atoms with Crippen molar-refractivity contribution >= 4 is 17.3 Å². The van der Waals surface area contributed by atoms with Gasteiger partial charge in [-0.05, 0) is 87.6 Å². The first-order valence-electron chi connectivity index (χ1n) is 11.8. The largest absolute Gasteiger partial charge is 0.376 e. The fourth-order valence-corrected chi connectivity index (χ4v) is 5.85. The van der Waals surface area contributed by atoms with E-state index in [0.29, 0.717) is 0 Å². The maximum absolute atomic E-state index is 6.00. The van der Waals surface area contributed by atoms with Gasteiger partial charge in [-0.2, -0.15) is 0 Å². The molecule has 0 unspecified atom stereocenters. The lowest BCUT2D eigenvalue weighted by Gasteiger charge is -2.30. The van der Waals surface area contributed by atoms with Gasteiger partial charge in [0.2, 0.25) is 0 Å². The first kappa shape index (κ1) is 22.1. The summed E-state index contributed by atoms with van der Waals surface area (Å²) in [7, 11) is 0. The molecular weight excluding hydrogens is 428 g/mol. The fraction of sp³-hybridized carbons (Fsp3) is 0.407. The van der Waals surface area contributed by atoms with Gasteiger partial charge in [-0.25, -0.2) is 0 Å². The summed E-state index contributed by atoms with van der Waals surface area (Å²) in [4.78, 5) is 7.03. The second-order valence-electron chi connectivity index (χ2n) is 9.32. The Hall–Kier alpha value is -2.70. The highest BCUT2D eigenvalue weighted by Gasteiger charge is 2.42. The minimum absolute atomic E-state index is 0.00739. The van der Waals surface area contributed by atoms with Crippen molar-refractivity contribution in [1.82, 2.24) is 19.8 Å². The van der Waals surface area contributed by atoms with Crippen molar-refractivity contribution in [3.63, 3.8) is 0 Å². The van der Waals surface area contributed by atoms with E-state index in [9.17, 15) is 0 Å². The van der Waals surface area contributed by atoms with Gasteiger partial charge in [-0.1, -0.05) is 24.3 Å². The molecule has 2 aromatic heterocycles. The molecule has 2 fully saturated rings. The summed E-state index contributed by atoms with van der Waals surface area (Å²) in [5, 5.41) is 4.37. The third-order valence-electron chi connectivity index (χ3n) is 7.07. The summed E-state index contributed by atoms with van der Waals surface area (Å²) < 4.78 is 8.40. The van der Waals surface area contributed by atoms with Crippen molar-refractivity contribution in [3.8, 4) is 5.69 Å². The van der Waals surface area contributed by atoms with Crippen molar-refractivity contribution in [2.24, 2.45) is 0 Å². The van der Waals surface area contributed by atoms with Gasteiger partial charge >= 0.3 is 0 Å². The van der Waals surface area contributed by atoms with Gasteiger partial charge in [-0.15, -0.1) is 0 Å². The van der Waals surface area contributed by atoms with Crippen LogP contribution in [0.2, 0.25) is 0 Å². The maximum atomic E-state index is 6.00. The number of hydrogen-bond donors (Lipinski definition) is 1. The van der Waals surface area contributed by atoms with Crippen LogP contribution in [0, 0.1) is 27.7 Å². The number of rotatable bonds is 5. The van der Waals surface area contributed by atoms with Crippen LogP contribution in [0.15, 0.2) is 48.7 Å². The van der Waals surface area contributed by atoms with Gasteiger partial charge in [0.05, 0.1) is 29.6 Å². The minimum Gasteiger partial charge on any atom is -0.376 e. The Morgan fingerprint density at radius 3 is 2.55 bits per heavy atom. The van der Waals surface area contributed by atoms with Gasteiger partial charge in [0, 0.05) is 30.7 Å². The normalized spacial score (nSPS) is 22.7. The SMILES string of the molecule is Cc1cccc(C)c1-n1c(C)cc([C@@H]2[C@@H](c3ccccn3)NC(=S)N2C[C@@H]2CCCO2)c1C. The van der Waals surface area contributed by atoms with Gasteiger partial charge in [0.15, 0.2) is 5.11 Å². The van der Waals surface area contributed by atoms with Gasteiger partial charge in [0.25, 0.3) is 0 Å². The average molecular weight is 461 g/mol. The van der Waals surface area contributed by atoms with Crippen LogP contribution in [0.25, 0.3) is 5.69 Å². The van der Waals surface area contributed by atoms with E-state index >= 15 is 0 Å². The van der Waals surface area contributed by atoms with E-state index in [0.717, 1.165) is 36.8 Å². The Bertz CT molecular complexity index is 1150. The molecule has 0 amide bonds. The van der Waals surface area contributed by atoms with E-state index < -0.39 is 0 Å². The molecule has 3 atom stereocenters. The standard InChI is InChI=1S/C27H32N4OS/c1-17-9-7-10-18(2)25(17)31-19(3)15-22(20(31)4)26-24(23-12-5-6-13-28-23)29-27(33)30(26)16-21-11-8-14-32-21/h5-7,9-10,12-13,15,21,24,26H,8,11,14,16H2,1-4H3,(H,29,33)/t21-,24+,26+/m0/s1. The number of ether oxygens (including phenoxy) is 1. The summed E-state index contributed by atoms with van der Waals surface area (Å²) in [6.45, 7) is 10.4. The molecule has 2 aliphatic heterocycles. The van der Waals surface area contributed by atoms with Crippen molar-refractivity contribution in [1.29, 1.82) is 0 Å². The molecule has 5 rings (SSSR count). The van der Waals surface area contributed by atoms with Crippen LogP contribution in [-0.4, -0.2) is 38.8 Å². The molecule has 5 nitrogen and oxygen atoms in total. The molecule has 2 aliphatic rings. The third kappa shape index (κ3) is 3.96. The van der Waals surface area contributed by atoms with E-state index in [1.165, 1.54) is 33.8 Å². The molecule has 1 aromatic carbocycles. The Labute approximate surface area is 201 Å². The van der Waals surface area contributed by atoms with Gasteiger partial charge < -0.3 is 19.5 Å². The second-order valence-corrected chi connectivity index (χ2v) is 9.70. The van der Waals surface area contributed by atoms with Crippen LogP contribution in [-0.2, 0) is 4.74 Å². The first-order valence-corrected chi connectivity index (χ1v) is 12.2. The van der Waals surface area contributed by atoms with Crippen LogP contribution < -0.4 is 5.32 Å². The lowest BCUT2D eigenvalue weighted by Crippen LogP contribution is -2.36. The highest BCUT2D eigenvalue weighted by atomic mass is 32.1.